The molecule has 0 saturated heterocycles. The van der Waals surface area contributed by atoms with Crippen molar-refractivity contribution in [2.75, 3.05) is 0 Å². The zero-order valence-corrected chi connectivity index (χ0v) is 24.2. The van der Waals surface area contributed by atoms with E-state index in [0.29, 0.717) is 47.3 Å². The molecule has 2 aromatic carbocycles. The summed E-state index contributed by atoms with van der Waals surface area (Å²) in [6, 6.07) is 11.9. The summed E-state index contributed by atoms with van der Waals surface area (Å²) < 4.78 is 47.1. The van der Waals surface area contributed by atoms with Crippen LogP contribution in [0.25, 0.3) is 22.0 Å². The highest BCUT2D eigenvalue weighted by Crippen LogP contribution is 2.37. The molecule has 214 valence electrons. The minimum atomic E-state index is -3.83. The molecule has 0 bridgehead atoms. The van der Waals surface area contributed by atoms with Crippen LogP contribution in [0, 0.1) is 17.8 Å². The second-order valence-corrected chi connectivity index (χ2v) is 14.0. The molecule has 9 heteroatoms. The second kappa shape index (κ2) is 11.1. The van der Waals surface area contributed by atoms with Gasteiger partial charge in [-0.3, -0.25) is 4.79 Å². The molecule has 2 saturated carbocycles. The van der Waals surface area contributed by atoms with E-state index in [1.807, 2.05) is 12.1 Å². The van der Waals surface area contributed by atoms with Gasteiger partial charge in [0, 0.05) is 35.0 Å². The van der Waals surface area contributed by atoms with Crippen LogP contribution < -0.4 is 10.0 Å². The number of rotatable bonds is 8. The van der Waals surface area contributed by atoms with E-state index in [-0.39, 0.29) is 22.4 Å². The molecular weight excluding hydrogens is 529 g/mol. The Morgan fingerprint density at radius 2 is 1.73 bits per heavy atom. The normalized spacial score (nSPS) is 20.3. The molecule has 1 aromatic heterocycles. The van der Waals surface area contributed by atoms with Crippen molar-refractivity contribution in [3.8, 4) is 11.3 Å². The van der Waals surface area contributed by atoms with Crippen LogP contribution in [-0.4, -0.2) is 36.8 Å². The van der Waals surface area contributed by atoms with Gasteiger partial charge in [-0.05, 0) is 69.9 Å². The molecule has 2 N–H and O–H groups in total. The lowest BCUT2D eigenvalue weighted by Gasteiger charge is -2.32. The van der Waals surface area contributed by atoms with Gasteiger partial charge in [0.05, 0.1) is 16.2 Å². The summed E-state index contributed by atoms with van der Waals surface area (Å²) in [6.45, 7) is 5.82. The first-order valence-corrected chi connectivity index (χ1v) is 15.7. The molecule has 2 fully saturated rings. The molecule has 7 nitrogen and oxygen atoms in total. The van der Waals surface area contributed by atoms with E-state index in [0.717, 1.165) is 32.0 Å². The first kappa shape index (κ1) is 28.5. The topological polar surface area (TPSA) is 97.3 Å². The van der Waals surface area contributed by atoms with Crippen molar-refractivity contribution in [1.29, 1.82) is 0 Å². The molecule has 1 heterocycles. The lowest BCUT2D eigenvalue weighted by molar-refractivity contribution is -0.113. The predicted molar refractivity (Wildman–Crippen MR) is 154 cm³/mol. The van der Waals surface area contributed by atoms with Gasteiger partial charge in [-0.2, -0.15) is 4.39 Å². The van der Waals surface area contributed by atoms with Crippen LogP contribution in [0.3, 0.4) is 0 Å². The molecule has 5 rings (SSSR count). The number of fused-ring (bicyclic) bond motifs is 1. The smallest absolute Gasteiger partial charge is 0.256 e. The van der Waals surface area contributed by atoms with Crippen LogP contribution >= 0.6 is 0 Å². The second-order valence-electron chi connectivity index (χ2n) is 12.4. The number of carbonyl (C=O) groups is 2. The minimum absolute atomic E-state index is 0.0319. The van der Waals surface area contributed by atoms with E-state index in [9.17, 15) is 18.0 Å². The average Bonchev–Trinajstić information content (AvgIpc) is 3.20. The van der Waals surface area contributed by atoms with Crippen molar-refractivity contribution < 1.29 is 22.4 Å². The third-order valence-electron chi connectivity index (χ3n) is 8.03. The lowest BCUT2D eigenvalue weighted by Crippen LogP contribution is -2.44. The van der Waals surface area contributed by atoms with E-state index in [4.69, 9.17) is 0 Å². The number of benzene rings is 2. The van der Waals surface area contributed by atoms with Gasteiger partial charge in [-0.25, -0.2) is 13.1 Å². The number of aromatic nitrogens is 1. The Bertz CT molecular complexity index is 1530. The van der Waals surface area contributed by atoms with E-state index in [1.165, 1.54) is 6.42 Å². The monoisotopic (exact) mass is 567 g/mol. The number of nitrogens with zero attached hydrogens (tertiary/aromatic N) is 1. The molecule has 0 unspecified atom stereocenters. The quantitative estimate of drug-likeness (QED) is 0.336. The zero-order chi connectivity index (χ0) is 28.7. The molecule has 1 amide bonds. The van der Waals surface area contributed by atoms with E-state index < -0.39 is 27.4 Å². The van der Waals surface area contributed by atoms with Crippen molar-refractivity contribution in [2.24, 2.45) is 11.8 Å². The third kappa shape index (κ3) is 5.86. The number of hydrogen-bond acceptors (Lipinski definition) is 4. The maximum atomic E-state index is 16.1. The molecule has 2 aliphatic carbocycles. The fraction of sp³-hybridized carbons (Fsp3) is 0.484. The van der Waals surface area contributed by atoms with Gasteiger partial charge in [0.1, 0.15) is 6.29 Å². The number of halogens is 1. The van der Waals surface area contributed by atoms with Gasteiger partial charge in [-0.15, -0.1) is 0 Å². The van der Waals surface area contributed by atoms with E-state index in [1.54, 1.807) is 55.7 Å². The summed E-state index contributed by atoms with van der Waals surface area (Å²) >= 11 is 0. The first-order chi connectivity index (χ1) is 19.0. The summed E-state index contributed by atoms with van der Waals surface area (Å²) in [7, 11) is -3.83. The molecule has 2 aliphatic rings. The van der Waals surface area contributed by atoms with Crippen molar-refractivity contribution in [3.63, 3.8) is 0 Å². The molecule has 3 aromatic rings. The molecular formula is C31H38FN3O4S. The Morgan fingerprint density at radius 1 is 1.05 bits per heavy atom. The van der Waals surface area contributed by atoms with Crippen LogP contribution in [0.1, 0.15) is 76.1 Å². The highest BCUT2D eigenvalue weighted by Gasteiger charge is 2.32. The number of amides is 1. The Kier molecular flexibility index (Phi) is 7.90. The Labute approximate surface area is 235 Å². The van der Waals surface area contributed by atoms with Crippen molar-refractivity contribution in [3.05, 3.63) is 54.0 Å². The average molecular weight is 568 g/mol. The van der Waals surface area contributed by atoms with Gasteiger partial charge in [0.15, 0.2) is 0 Å². The fourth-order valence-electron chi connectivity index (χ4n) is 6.06. The summed E-state index contributed by atoms with van der Waals surface area (Å²) in [5.41, 5.74) is 0.529. The summed E-state index contributed by atoms with van der Waals surface area (Å²) in [5, 5.41) is 4.08. The van der Waals surface area contributed by atoms with E-state index in [2.05, 4.69) is 10.0 Å². The third-order valence-corrected chi connectivity index (χ3v) is 9.85. The molecule has 0 aliphatic heterocycles. The van der Waals surface area contributed by atoms with Crippen molar-refractivity contribution in [1.82, 2.24) is 14.6 Å². The molecule has 0 atom stereocenters. The maximum Gasteiger partial charge on any atom is 0.256 e. The number of hydrogen-bond donors (Lipinski definition) is 2. The largest absolute Gasteiger partial charge is 0.349 e. The number of carbonyl (C=O) groups excluding carboxylic acids is 2. The number of sulfonamides is 1. The Balaban J connectivity index is 1.59. The lowest BCUT2D eigenvalue weighted by atomic mass is 9.81. The van der Waals surface area contributed by atoms with Crippen molar-refractivity contribution >= 4 is 33.0 Å². The van der Waals surface area contributed by atoms with Crippen LogP contribution in [-0.2, 0) is 21.4 Å². The zero-order valence-electron chi connectivity index (χ0n) is 23.4. The van der Waals surface area contributed by atoms with Crippen LogP contribution in [0.2, 0.25) is 0 Å². The highest BCUT2D eigenvalue weighted by molar-refractivity contribution is 7.89. The van der Waals surface area contributed by atoms with Crippen LogP contribution in [0.4, 0.5) is 4.39 Å². The number of nitrogens with one attached hydrogen (secondary N) is 2. The molecule has 40 heavy (non-hydrogen) atoms. The van der Waals surface area contributed by atoms with Gasteiger partial charge < -0.3 is 14.7 Å². The van der Waals surface area contributed by atoms with Crippen LogP contribution in [0.5, 0.6) is 0 Å². The van der Waals surface area contributed by atoms with Crippen molar-refractivity contribution in [2.45, 2.75) is 88.7 Å². The number of aldehydes is 1. The highest BCUT2D eigenvalue weighted by atomic mass is 32.2. The Hall–Kier alpha value is -3.04. The van der Waals surface area contributed by atoms with Gasteiger partial charge in [0.2, 0.25) is 16.0 Å². The summed E-state index contributed by atoms with van der Waals surface area (Å²) in [5.74, 6) is -0.837. The van der Waals surface area contributed by atoms with Gasteiger partial charge >= 0.3 is 0 Å². The van der Waals surface area contributed by atoms with E-state index >= 15 is 4.39 Å². The first-order valence-electron chi connectivity index (χ1n) is 14.2. The standard InChI is InChI=1S/C31H38FN3O4S/c1-31(2,3)34-40(38,39)28-14-13-24(23-11-7-8-12-25(23)28)27-17-26(30(37)33-22-15-21(16-22)19-36)29(32)35(27)18-20-9-5-4-6-10-20/h7-8,11-14,17,19-22,34H,4-6,9-10,15-16,18H2,1-3H3,(H,33,37)/t21-,22-. The van der Waals surface area contributed by atoms with Gasteiger partial charge in [0.25, 0.3) is 5.91 Å². The van der Waals surface area contributed by atoms with Gasteiger partial charge in [-0.1, -0.05) is 49.6 Å². The maximum absolute atomic E-state index is 16.1. The fourth-order valence-corrected chi connectivity index (χ4v) is 7.69. The van der Waals surface area contributed by atoms with Crippen LogP contribution in [0.15, 0.2) is 47.4 Å². The Morgan fingerprint density at radius 3 is 2.38 bits per heavy atom. The SMILES string of the molecule is CC(C)(C)NS(=O)(=O)c1ccc(-c2cc(C(=O)N[C@H]3C[C@H](C=O)C3)c(F)n2CC2CCCCC2)c2ccccc12. The molecule has 0 spiro atoms. The molecule has 0 radical (unpaired) electrons. The minimum Gasteiger partial charge on any atom is -0.349 e. The predicted octanol–water partition coefficient (Wildman–Crippen LogP) is 5.81. The summed E-state index contributed by atoms with van der Waals surface area (Å²) in [6.07, 6.45) is 7.42. The summed E-state index contributed by atoms with van der Waals surface area (Å²) in [4.78, 5) is 24.3.